The molecular formula is C21H28O4. The van der Waals surface area contributed by atoms with Gasteiger partial charge in [0, 0.05) is 11.6 Å². The van der Waals surface area contributed by atoms with Crippen LogP contribution in [0.4, 0.5) is 0 Å². The number of hydrogen-bond acceptors (Lipinski definition) is 3. The zero-order valence-corrected chi connectivity index (χ0v) is 15.9. The van der Waals surface area contributed by atoms with Crippen molar-refractivity contribution in [1.29, 1.82) is 0 Å². The van der Waals surface area contributed by atoms with E-state index in [1.807, 2.05) is 37.3 Å². The molecule has 4 heteroatoms. The van der Waals surface area contributed by atoms with Gasteiger partial charge in [0.1, 0.15) is 18.1 Å². The molecular weight excluding hydrogens is 316 g/mol. The van der Waals surface area contributed by atoms with Crippen molar-refractivity contribution in [2.75, 3.05) is 13.7 Å². The topological polar surface area (TPSA) is 55.8 Å². The van der Waals surface area contributed by atoms with Crippen molar-refractivity contribution in [2.24, 2.45) is 0 Å². The van der Waals surface area contributed by atoms with Crippen LogP contribution in [0.25, 0.3) is 0 Å². The molecule has 0 aromatic heterocycles. The van der Waals surface area contributed by atoms with Gasteiger partial charge in [-0.05, 0) is 48.6 Å². The lowest BCUT2D eigenvalue weighted by molar-refractivity contribution is -0.131. The maximum absolute atomic E-state index is 10.6. The molecule has 0 aliphatic heterocycles. The second kappa shape index (κ2) is 9.11. The molecule has 0 radical (unpaired) electrons. The molecule has 0 amide bonds. The number of ether oxygens (including phenoxy) is 2. The van der Waals surface area contributed by atoms with E-state index in [4.69, 9.17) is 14.6 Å². The van der Waals surface area contributed by atoms with Crippen molar-refractivity contribution in [3.05, 3.63) is 59.2 Å². The van der Waals surface area contributed by atoms with Crippen LogP contribution in [-0.2, 0) is 10.2 Å². The number of carbonyl (C=O) groups is 1. The van der Waals surface area contributed by atoms with Crippen molar-refractivity contribution >= 4 is 5.97 Å². The van der Waals surface area contributed by atoms with E-state index in [1.165, 1.54) is 6.08 Å². The van der Waals surface area contributed by atoms with Crippen LogP contribution in [0.1, 0.15) is 40.2 Å². The van der Waals surface area contributed by atoms with Crippen molar-refractivity contribution in [3.63, 3.8) is 0 Å². The molecule has 0 saturated carbocycles. The first-order valence-electron chi connectivity index (χ1n) is 8.20. The highest BCUT2D eigenvalue weighted by molar-refractivity contribution is 5.81. The third kappa shape index (κ3) is 7.29. The maximum Gasteiger partial charge on any atom is 0.328 e. The van der Waals surface area contributed by atoms with Crippen LogP contribution < -0.4 is 9.47 Å². The standard InChI is InChI=1S/C21H28O4/c1-15(12-20(22)23)8-7-9-16(2)14-25-19-11-10-17(24-6)13-18(19)21(3,4)5/h7-13H,14H2,1-6H3,(H,22,23)/b8-7+,15-12+,16-9+. The second-order valence-electron chi connectivity index (χ2n) is 7.00. The number of allylic oxidation sites excluding steroid dienone is 4. The highest BCUT2D eigenvalue weighted by Crippen LogP contribution is 2.34. The molecule has 1 aromatic rings. The normalized spacial score (nSPS) is 13.2. The molecule has 0 atom stereocenters. The van der Waals surface area contributed by atoms with Crippen LogP contribution in [0.2, 0.25) is 0 Å². The fourth-order valence-corrected chi connectivity index (χ4v) is 2.19. The molecule has 0 spiro atoms. The average molecular weight is 344 g/mol. The Morgan fingerprint density at radius 3 is 2.48 bits per heavy atom. The smallest absolute Gasteiger partial charge is 0.328 e. The summed E-state index contributed by atoms with van der Waals surface area (Å²) in [6.07, 6.45) is 6.67. The van der Waals surface area contributed by atoms with Gasteiger partial charge >= 0.3 is 5.97 Å². The Bertz CT molecular complexity index is 688. The number of rotatable bonds is 7. The highest BCUT2D eigenvalue weighted by atomic mass is 16.5. The summed E-state index contributed by atoms with van der Waals surface area (Å²) < 4.78 is 11.3. The van der Waals surface area contributed by atoms with Crippen LogP contribution >= 0.6 is 0 Å². The molecule has 136 valence electrons. The fourth-order valence-electron chi connectivity index (χ4n) is 2.19. The van der Waals surface area contributed by atoms with E-state index >= 15 is 0 Å². The minimum absolute atomic E-state index is 0.0554. The largest absolute Gasteiger partial charge is 0.497 e. The predicted octanol–water partition coefficient (Wildman–Crippen LogP) is 4.90. The van der Waals surface area contributed by atoms with Gasteiger partial charge in [0.25, 0.3) is 0 Å². The van der Waals surface area contributed by atoms with E-state index in [2.05, 4.69) is 20.8 Å². The lowest BCUT2D eigenvalue weighted by Gasteiger charge is -2.23. The Balaban J connectivity index is 2.82. The van der Waals surface area contributed by atoms with Gasteiger partial charge in [-0.1, -0.05) is 39.0 Å². The summed E-state index contributed by atoms with van der Waals surface area (Å²) in [5, 5.41) is 8.68. The molecule has 1 rings (SSSR count). The monoisotopic (exact) mass is 344 g/mol. The van der Waals surface area contributed by atoms with Gasteiger partial charge < -0.3 is 14.6 Å². The van der Waals surface area contributed by atoms with Crippen molar-refractivity contribution in [1.82, 2.24) is 0 Å². The van der Waals surface area contributed by atoms with E-state index in [0.29, 0.717) is 12.2 Å². The van der Waals surface area contributed by atoms with E-state index in [1.54, 1.807) is 20.1 Å². The Morgan fingerprint density at radius 1 is 1.24 bits per heavy atom. The number of benzene rings is 1. The molecule has 0 saturated heterocycles. The van der Waals surface area contributed by atoms with E-state index in [-0.39, 0.29) is 5.41 Å². The lowest BCUT2D eigenvalue weighted by atomic mass is 9.86. The zero-order chi connectivity index (χ0) is 19.0. The van der Waals surface area contributed by atoms with E-state index < -0.39 is 5.97 Å². The van der Waals surface area contributed by atoms with Gasteiger partial charge in [0.05, 0.1) is 7.11 Å². The van der Waals surface area contributed by atoms with E-state index in [9.17, 15) is 4.79 Å². The summed E-state index contributed by atoms with van der Waals surface area (Å²) in [6.45, 7) is 10.6. The summed E-state index contributed by atoms with van der Waals surface area (Å²) in [6, 6.07) is 5.83. The number of carboxylic acids is 1. The SMILES string of the molecule is COc1ccc(OC/C(C)=C/C=C/C(C)=C/C(=O)O)c(C(C)(C)C)c1. The minimum Gasteiger partial charge on any atom is -0.497 e. The summed E-state index contributed by atoms with van der Waals surface area (Å²) >= 11 is 0. The first kappa shape index (κ1) is 20.6. The van der Waals surface area contributed by atoms with Crippen LogP contribution in [0.3, 0.4) is 0 Å². The molecule has 0 heterocycles. The minimum atomic E-state index is -0.944. The van der Waals surface area contributed by atoms with Crippen LogP contribution in [0, 0.1) is 0 Å². The van der Waals surface area contributed by atoms with Crippen molar-refractivity contribution < 1.29 is 19.4 Å². The maximum atomic E-state index is 10.6. The van der Waals surface area contributed by atoms with Crippen LogP contribution in [-0.4, -0.2) is 24.8 Å². The molecule has 4 nitrogen and oxygen atoms in total. The molecule has 0 aliphatic rings. The van der Waals surface area contributed by atoms with Gasteiger partial charge in [0.2, 0.25) is 0 Å². The molecule has 0 unspecified atom stereocenters. The quantitative estimate of drug-likeness (QED) is 0.564. The third-order valence-corrected chi connectivity index (χ3v) is 3.54. The Labute approximate surface area is 150 Å². The molecule has 1 aromatic carbocycles. The second-order valence-corrected chi connectivity index (χ2v) is 7.00. The molecule has 0 fully saturated rings. The molecule has 0 bridgehead atoms. The van der Waals surface area contributed by atoms with Crippen LogP contribution in [0.15, 0.2) is 53.6 Å². The average Bonchev–Trinajstić information content (AvgIpc) is 2.51. The van der Waals surface area contributed by atoms with Crippen LogP contribution in [0.5, 0.6) is 11.5 Å². The number of carboxylic acid groups (broad SMARTS) is 1. The summed E-state index contributed by atoms with van der Waals surface area (Å²) in [5.41, 5.74) is 2.76. The Morgan fingerprint density at radius 2 is 1.92 bits per heavy atom. The number of hydrogen-bond donors (Lipinski definition) is 1. The molecule has 25 heavy (non-hydrogen) atoms. The van der Waals surface area contributed by atoms with E-state index in [0.717, 1.165) is 22.6 Å². The number of aliphatic carboxylic acids is 1. The summed E-state index contributed by atoms with van der Waals surface area (Å²) in [5.74, 6) is 0.709. The van der Waals surface area contributed by atoms with Gasteiger partial charge in [-0.3, -0.25) is 0 Å². The number of methoxy groups -OCH3 is 1. The summed E-state index contributed by atoms with van der Waals surface area (Å²) in [7, 11) is 1.66. The van der Waals surface area contributed by atoms with Crippen molar-refractivity contribution in [2.45, 2.75) is 40.0 Å². The Kier molecular flexibility index (Phi) is 7.49. The molecule has 0 aliphatic carbocycles. The van der Waals surface area contributed by atoms with Gasteiger partial charge in [-0.15, -0.1) is 0 Å². The molecule has 1 N–H and O–H groups in total. The zero-order valence-electron chi connectivity index (χ0n) is 15.9. The predicted molar refractivity (Wildman–Crippen MR) is 101 cm³/mol. The lowest BCUT2D eigenvalue weighted by Crippen LogP contribution is -2.14. The first-order valence-corrected chi connectivity index (χ1v) is 8.20. The van der Waals surface area contributed by atoms with Crippen molar-refractivity contribution in [3.8, 4) is 11.5 Å². The third-order valence-electron chi connectivity index (χ3n) is 3.54. The Hall–Kier alpha value is -2.49. The first-order chi connectivity index (χ1) is 11.6. The van der Waals surface area contributed by atoms with Gasteiger partial charge in [0.15, 0.2) is 0 Å². The van der Waals surface area contributed by atoms with Gasteiger partial charge in [-0.25, -0.2) is 4.79 Å². The van der Waals surface area contributed by atoms with Gasteiger partial charge in [-0.2, -0.15) is 0 Å². The summed E-state index contributed by atoms with van der Waals surface area (Å²) in [4.78, 5) is 10.6. The fraction of sp³-hybridized carbons (Fsp3) is 0.381. The highest BCUT2D eigenvalue weighted by Gasteiger charge is 2.20.